The molecular weight excluding hydrogens is 264 g/mol. The molecule has 1 aromatic rings. The van der Waals surface area contributed by atoms with E-state index >= 15 is 0 Å². The molecule has 0 aliphatic rings. The van der Waals surface area contributed by atoms with Crippen LogP contribution >= 0.6 is 0 Å². The van der Waals surface area contributed by atoms with E-state index in [-0.39, 0.29) is 10.9 Å². The van der Waals surface area contributed by atoms with Gasteiger partial charge in [-0.3, -0.25) is 0 Å². The monoisotopic (exact) mass is 286 g/mol. The average Bonchev–Trinajstić information content (AvgIpc) is 2.28. The predicted molar refractivity (Wildman–Crippen MR) is 75.4 cm³/mol. The first kappa shape index (κ1) is 15.8. The van der Waals surface area contributed by atoms with Crippen molar-refractivity contribution in [1.82, 2.24) is 14.7 Å². The molecule has 0 aliphatic heterocycles. The first-order valence-electron chi connectivity index (χ1n) is 6.43. The average molecular weight is 286 g/mol. The van der Waals surface area contributed by atoms with Crippen molar-refractivity contribution in [2.45, 2.75) is 45.1 Å². The van der Waals surface area contributed by atoms with Gasteiger partial charge in [-0.05, 0) is 26.2 Å². The fraction of sp³-hybridized carbons (Fsp3) is 0.667. The van der Waals surface area contributed by atoms with Gasteiger partial charge in [-0.25, -0.2) is 23.1 Å². The summed E-state index contributed by atoms with van der Waals surface area (Å²) in [6.45, 7) is 8.57. The lowest BCUT2D eigenvalue weighted by Gasteiger charge is -2.15. The van der Waals surface area contributed by atoms with Crippen molar-refractivity contribution in [2.75, 3.05) is 11.9 Å². The molecule has 1 unspecified atom stereocenters. The highest BCUT2D eigenvalue weighted by Gasteiger charge is 2.18. The number of hydrogen-bond donors (Lipinski definition) is 2. The minimum atomic E-state index is -3.54. The summed E-state index contributed by atoms with van der Waals surface area (Å²) in [6, 6.07) is -0.113. The van der Waals surface area contributed by atoms with Crippen LogP contribution in [0.25, 0.3) is 0 Å². The summed E-state index contributed by atoms with van der Waals surface area (Å²) < 4.78 is 26.8. The van der Waals surface area contributed by atoms with Gasteiger partial charge in [0.05, 0.1) is 12.4 Å². The standard InChI is InChI=1S/C12H22N4O2S/c1-5-13-12-14-7-11(8-15-12)19(17,18)16-10(4)6-9(2)3/h7-10,16H,5-6H2,1-4H3,(H,13,14,15). The van der Waals surface area contributed by atoms with Crippen molar-refractivity contribution in [3.05, 3.63) is 12.4 Å². The van der Waals surface area contributed by atoms with Crippen LogP contribution in [0, 0.1) is 5.92 Å². The first-order chi connectivity index (χ1) is 8.85. The van der Waals surface area contributed by atoms with Gasteiger partial charge in [-0.15, -0.1) is 0 Å². The third-order valence-electron chi connectivity index (χ3n) is 2.45. The Morgan fingerprint density at radius 3 is 2.26 bits per heavy atom. The van der Waals surface area contributed by atoms with Crippen LogP contribution in [0.3, 0.4) is 0 Å². The summed E-state index contributed by atoms with van der Waals surface area (Å²) >= 11 is 0. The Morgan fingerprint density at radius 2 is 1.79 bits per heavy atom. The summed E-state index contributed by atoms with van der Waals surface area (Å²) in [5, 5.41) is 2.92. The zero-order valence-electron chi connectivity index (χ0n) is 11.8. The van der Waals surface area contributed by atoms with Gasteiger partial charge in [0, 0.05) is 12.6 Å². The SMILES string of the molecule is CCNc1ncc(S(=O)(=O)NC(C)CC(C)C)cn1. The molecular formula is C12H22N4O2S. The molecule has 0 spiro atoms. The normalized spacial score (nSPS) is 13.5. The van der Waals surface area contributed by atoms with E-state index in [0.29, 0.717) is 18.4 Å². The smallest absolute Gasteiger partial charge is 0.243 e. The largest absolute Gasteiger partial charge is 0.355 e. The van der Waals surface area contributed by atoms with Gasteiger partial charge in [-0.1, -0.05) is 13.8 Å². The van der Waals surface area contributed by atoms with Crippen molar-refractivity contribution in [2.24, 2.45) is 5.92 Å². The molecule has 7 heteroatoms. The Morgan fingerprint density at radius 1 is 1.21 bits per heavy atom. The molecule has 1 rings (SSSR count). The summed E-state index contributed by atoms with van der Waals surface area (Å²) in [4.78, 5) is 8.01. The van der Waals surface area contributed by atoms with Gasteiger partial charge < -0.3 is 5.32 Å². The highest BCUT2D eigenvalue weighted by atomic mass is 32.2. The molecule has 0 saturated heterocycles. The van der Waals surface area contributed by atoms with Crippen molar-refractivity contribution in [3.63, 3.8) is 0 Å². The summed E-state index contributed by atoms with van der Waals surface area (Å²) in [5.74, 6) is 0.863. The molecule has 2 N–H and O–H groups in total. The van der Waals surface area contributed by atoms with Gasteiger partial charge in [0.25, 0.3) is 0 Å². The highest BCUT2D eigenvalue weighted by molar-refractivity contribution is 7.89. The second kappa shape index (κ2) is 6.81. The van der Waals surface area contributed by atoms with E-state index in [1.807, 2.05) is 13.8 Å². The third-order valence-corrected chi connectivity index (χ3v) is 4.00. The Kier molecular flexibility index (Phi) is 5.68. The molecule has 19 heavy (non-hydrogen) atoms. The first-order valence-corrected chi connectivity index (χ1v) is 7.91. The molecule has 0 aromatic carbocycles. The van der Waals surface area contributed by atoms with Crippen molar-refractivity contribution in [3.8, 4) is 0 Å². The maximum Gasteiger partial charge on any atom is 0.243 e. The van der Waals surface area contributed by atoms with E-state index in [0.717, 1.165) is 6.42 Å². The van der Waals surface area contributed by atoms with Crippen LogP contribution in [0.2, 0.25) is 0 Å². The summed E-state index contributed by atoms with van der Waals surface area (Å²) in [5.41, 5.74) is 0. The van der Waals surface area contributed by atoms with Gasteiger partial charge in [-0.2, -0.15) is 0 Å². The highest BCUT2D eigenvalue weighted by Crippen LogP contribution is 2.11. The van der Waals surface area contributed by atoms with Crippen molar-refractivity contribution in [1.29, 1.82) is 0 Å². The molecule has 6 nitrogen and oxygen atoms in total. The number of sulfonamides is 1. The topological polar surface area (TPSA) is 84.0 Å². The lowest BCUT2D eigenvalue weighted by Crippen LogP contribution is -2.33. The second-order valence-electron chi connectivity index (χ2n) is 4.92. The Labute approximate surface area is 115 Å². The van der Waals surface area contributed by atoms with Crippen LogP contribution in [0.4, 0.5) is 5.95 Å². The molecule has 0 fully saturated rings. The predicted octanol–water partition coefficient (Wildman–Crippen LogP) is 1.62. The zero-order valence-corrected chi connectivity index (χ0v) is 12.7. The third kappa shape index (κ3) is 5.12. The number of hydrogen-bond acceptors (Lipinski definition) is 5. The molecule has 1 aromatic heterocycles. The molecule has 0 saturated carbocycles. The lowest BCUT2D eigenvalue weighted by molar-refractivity contribution is 0.482. The van der Waals surface area contributed by atoms with Crippen molar-refractivity contribution < 1.29 is 8.42 Å². The molecule has 0 bridgehead atoms. The van der Waals surface area contributed by atoms with E-state index in [2.05, 4.69) is 33.9 Å². The number of rotatable bonds is 7. The van der Waals surface area contributed by atoms with E-state index in [4.69, 9.17) is 0 Å². The van der Waals surface area contributed by atoms with E-state index in [1.54, 1.807) is 0 Å². The Balaban J connectivity index is 2.76. The number of nitrogens with zero attached hydrogens (tertiary/aromatic N) is 2. The summed E-state index contributed by atoms with van der Waals surface area (Å²) in [7, 11) is -3.54. The van der Waals surface area contributed by atoms with Gasteiger partial charge >= 0.3 is 0 Å². The van der Waals surface area contributed by atoms with Crippen LogP contribution in [0.15, 0.2) is 17.3 Å². The lowest BCUT2D eigenvalue weighted by atomic mass is 10.1. The van der Waals surface area contributed by atoms with Crippen molar-refractivity contribution >= 4 is 16.0 Å². The van der Waals surface area contributed by atoms with Gasteiger partial charge in [0.15, 0.2) is 0 Å². The maximum absolute atomic E-state index is 12.1. The van der Waals surface area contributed by atoms with Crippen LogP contribution in [0.5, 0.6) is 0 Å². The fourth-order valence-corrected chi connectivity index (χ4v) is 2.94. The van der Waals surface area contributed by atoms with Crippen LogP contribution in [-0.4, -0.2) is 31.0 Å². The number of aromatic nitrogens is 2. The molecule has 1 atom stereocenters. The van der Waals surface area contributed by atoms with Gasteiger partial charge in [0.1, 0.15) is 4.90 Å². The molecule has 1 heterocycles. The maximum atomic E-state index is 12.1. The molecule has 0 amide bonds. The fourth-order valence-electron chi connectivity index (χ4n) is 1.79. The quantitative estimate of drug-likeness (QED) is 0.795. The van der Waals surface area contributed by atoms with Crippen LogP contribution in [-0.2, 0) is 10.0 Å². The summed E-state index contributed by atoms with van der Waals surface area (Å²) in [6.07, 6.45) is 3.42. The van der Waals surface area contributed by atoms with E-state index in [1.165, 1.54) is 12.4 Å². The minimum absolute atomic E-state index is 0.0877. The Hall–Kier alpha value is -1.21. The van der Waals surface area contributed by atoms with Gasteiger partial charge in [0.2, 0.25) is 16.0 Å². The van der Waals surface area contributed by atoms with E-state index < -0.39 is 10.0 Å². The van der Waals surface area contributed by atoms with E-state index in [9.17, 15) is 8.42 Å². The molecule has 0 radical (unpaired) electrons. The Bertz CT molecular complexity index is 485. The number of anilines is 1. The number of nitrogens with one attached hydrogen (secondary N) is 2. The van der Waals surface area contributed by atoms with Crippen LogP contribution in [0.1, 0.15) is 34.1 Å². The zero-order chi connectivity index (χ0) is 14.5. The minimum Gasteiger partial charge on any atom is -0.355 e. The molecule has 0 aliphatic carbocycles. The van der Waals surface area contributed by atoms with Crippen LogP contribution < -0.4 is 10.0 Å². The second-order valence-corrected chi connectivity index (χ2v) is 6.64. The molecule has 108 valence electrons.